The fourth-order valence-electron chi connectivity index (χ4n) is 7.42. The molecular weight excluding hydrogens is 450 g/mol. The van der Waals surface area contributed by atoms with Crippen molar-refractivity contribution in [2.75, 3.05) is 28.3 Å². The Labute approximate surface area is 213 Å². The Morgan fingerprint density at radius 1 is 0.917 bits per heavy atom. The lowest BCUT2D eigenvalue weighted by molar-refractivity contribution is 0.0309. The number of benzene rings is 2. The predicted molar refractivity (Wildman–Crippen MR) is 137 cm³/mol. The van der Waals surface area contributed by atoms with Gasteiger partial charge in [0.1, 0.15) is 23.6 Å². The molecule has 1 saturated heterocycles. The topological polar surface area (TPSA) is 84.9 Å². The van der Waals surface area contributed by atoms with Crippen molar-refractivity contribution in [3.63, 3.8) is 0 Å². The van der Waals surface area contributed by atoms with Gasteiger partial charge in [-0.3, -0.25) is 5.01 Å². The summed E-state index contributed by atoms with van der Waals surface area (Å²) in [6, 6.07) is 20.5. The second-order valence-corrected chi connectivity index (χ2v) is 11.0. The first kappa shape index (κ1) is 24.2. The van der Waals surface area contributed by atoms with E-state index in [1.54, 1.807) is 14.2 Å². The van der Waals surface area contributed by atoms with Gasteiger partial charge < -0.3 is 14.4 Å². The zero-order valence-electron chi connectivity index (χ0n) is 22.0. The highest BCUT2D eigenvalue weighted by molar-refractivity contribution is 6.05. The summed E-state index contributed by atoms with van der Waals surface area (Å²) >= 11 is 0. The van der Waals surface area contributed by atoms with Crippen LogP contribution in [0.1, 0.15) is 31.9 Å². The molecule has 0 N–H and O–H groups in total. The molecule has 3 aliphatic rings. The van der Waals surface area contributed by atoms with E-state index < -0.39 is 11.1 Å². The number of hydrazone groups is 1. The summed E-state index contributed by atoms with van der Waals surface area (Å²) in [7, 11) is 7.21. The van der Waals surface area contributed by atoms with E-state index in [0.29, 0.717) is 0 Å². The Balaban J connectivity index is 1.81. The predicted octanol–water partition coefficient (Wildman–Crippen LogP) is 4.26. The van der Waals surface area contributed by atoms with Crippen LogP contribution in [0.3, 0.4) is 0 Å². The minimum absolute atomic E-state index is 0.0457. The molecule has 1 aliphatic carbocycles. The van der Waals surface area contributed by atoms with Crippen molar-refractivity contribution in [2.24, 2.45) is 28.3 Å². The zero-order valence-corrected chi connectivity index (χ0v) is 22.0. The molecule has 0 radical (unpaired) electrons. The summed E-state index contributed by atoms with van der Waals surface area (Å²) in [5, 5.41) is 28.4. The number of rotatable bonds is 5. The van der Waals surface area contributed by atoms with Gasteiger partial charge in [0, 0.05) is 17.8 Å². The molecule has 7 nitrogen and oxygen atoms in total. The molecule has 0 aromatic heterocycles. The second-order valence-electron chi connectivity index (χ2n) is 11.0. The van der Waals surface area contributed by atoms with Crippen LogP contribution >= 0.6 is 0 Å². The smallest absolute Gasteiger partial charge is 0.246 e. The Hall–Kier alpha value is -3.55. The number of methoxy groups -OCH3 is 2. The number of nitriles is 2. The maximum atomic E-state index is 10.6. The van der Waals surface area contributed by atoms with Crippen molar-refractivity contribution < 1.29 is 9.47 Å². The Morgan fingerprint density at radius 3 is 1.92 bits per heavy atom. The van der Waals surface area contributed by atoms with E-state index in [1.807, 2.05) is 60.4 Å². The van der Waals surface area contributed by atoms with E-state index in [0.717, 1.165) is 28.3 Å². The minimum Gasteiger partial charge on any atom is -0.497 e. The lowest BCUT2D eigenvalue weighted by atomic mass is 9.71. The van der Waals surface area contributed by atoms with Crippen LogP contribution in [0.4, 0.5) is 0 Å². The van der Waals surface area contributed by atoms with Gasteiger partial charge in [-0.15, -0.1) is 0 Å². The molecule has 5 atom stereocenters. The molecule has 2 fully saturated rings. The average Bonchev–Trinajstić information content (AvgIpc) is 3.39. The van der Waals surface area contributed by atoms with Crippen LogP contribution in [0.25, 0.3) is 0 Å². The lowest BCUT2D eigenvalue weighted by Crippen LogP contribution is -2.56. The van der Waals surface area contributed by atoms with E-state index in [9.17, 15) is 10.5 Å². The molecule has 2 aromatic rings. The maximum absolute atomic E-state index is 10.6. The number of likely N-dealkylation sites (N-methyl/N-ethyl adjacent to an activating group) is 1. The Bertz CT molecular complexity index is 1270. The molecule has 0 bridgehead atoms. The third kappa shape index (κ3) is 2.84. The van der Waals surface area contributed by atoms with E-state index in [-0.39, 0.29) is 29.2 Å². The normalized spacial score (nSPS) is 30.9. The monoisotopic (exact) mass is 483 g/mol. The third-order valence-electron chi connectivity index (χ3n) is 8.92. The van der Waals surface area contributed by atoms with E-state index >= 15 is 0 Å². The summed E-state index contributed by atoms with van der Waals surface area (Å²) in [6.07, 6.45) is 0. The molecule has 36 heavy (non-hydrogen) atoms. The average molecular weight is 484 g/mol. The largest absolute Gasteiger partial charge is 0.497 e. The van der Waals surface area contributed by atoms with Crippen molar-refractivity contribution in [2.45, 2.75) is 37.9 Å². The van der Waals surface area contributed by atoms with Crippen molar-refractivity contribution in [1.29, 1.82) is 10.5 Å². The van der Waals surface area contributed by atoms with Crippen molar-refractivity contribution in [3.05, 3.63) is 59.7 Å². The van der Waals surface area contributed by atoms with Gasteiger partial charge in [-0.25, -0.2) is 0 Å². The highest BCUT2D eigenvalue weighted by Crippen LogP contribution is 2.75. The fraction of sp³-hybridized carbons (Fsp3) is 0.483. The number of hydrogen-bond donors (Lipinski definition) is 0. The van der Waals surface area contributed by atoms with Gasteiger partial charge in [-0.2, -0.15) is 15.6 Å². The van der Waals surface area contributed by atoms with Crippen molar-refractivity contribution >= 4 is 5.71 Å². The molecule has 2 aliphatic heterocycles. The highest BCUT2D eigenvalue weighted by atomic mass is 16.5. The van der Waals surface area contributed by atoms with Crippen molar-refractivity contribution in [1.82, 2.24) is 9.91 Å². The molecule has 2 aromatic carbocycles. The fourth-order valence-corrected chi connectivity index (χ4v) is 7.42. The van der Waals surface area contributed by atoms with Crippen LogP contribution in [0.15, 0.2) is 53.6 Å². The number of fused-ring (bicyclic) bond motifs is 3. The van der Waals surface area contributed by atoms with Gasteiger partial charge >= 0.3 is 0 Å². The zero-order chi connectivity index (χ0) is 26.0. The molecule has 0 unspecified atom stereocenters. The molecule has 0 amide bonds. The van der Waals surface area contributed by atoms with Gasteiger partial charge in [0.05, 0.1) is 31.5 Å². The van der Waals surface area contributed by atoms with Crippen LogP contribution in [0.2, 0.25) is 0 Å². The van der Waals surface area contributed by atoms with Crippen LogP contribution in [0, 0.1) is 45.8 Å². The van der Waals surface area contributed by atoms with E-state index in [4.69, 9.17) is 14.6 Å². The summed E-state index contributed by atoms with van der Waals surface area (Å²) in [5.41, 5.74) is 0.817. The maximum Gasteiger partial charge on any atom is 0.246 e. The van der Waals surface area contributed by atoms with Gasteiger partial charge in [-0.05, 0) is 67.0 Å². The lowest BCUT2D eigenvalue weighted by Gasteiger charge is -2.46. The summed E-state index contributed by atoms with van der Waals surface area (Å²) in [6.45, 7) is 6.75. The third-order valence-corrected chi connectivity index (χ3v) is 8.92. The molecule has 1 saturated carbocycles. The first-order valence-corrected chi connectivity index (χ1v) is 12.3. The molecule has 186 valence electrons. The number of nitrogens with zero attached hydrogens (tertiary/aromatic N) is 5. The van der Waals surface area contributed by atoms with Crippen LogP contribution in [-0.4, -0.2) is 55.5 Å². The SMILES string of the molecule is COc1ccc(C2=NN3C(C#N)(C#N)[C@@H](N(C)C)[C@@H](C)[C@@]3(c3ccc(OC)cc3)[C@H]3[C@@H]2C3(C)C)cc1. The molecule has 7 heteroatoms. The molecule has 5 rings (SSSR count). The molecule has 0 spiro atoms. The first-order valence-electron chi connectivity index (χ1n) is 12.3. The van der Waals surface area contributed by atoms with Crippen LogP contribution in [-0.2, 0) is 5.54 Å². The minimum atomic E-state index is -1.45. The van der Waals surface area contributed by atoms with Gasteiger partial charge in [-0.1, -0.05) is 32.9 Å². The van der Waals surface area contributed by atoms with Crippen LogP contribution in [0.5, 0.6) is 11.5 Å². The van der Waals surface area contributed by atoms with Gasteiger partial charge in [0.2, 0.25) is 5.54 Å². The van der Waals surface area contributed by atoms with Crippen molar-refractivity contribution in [3.8, 4) is 23.6 Å². The summed E-state index contributed by atoms with van der Waals surface area (Å²) < 4.78 is 10.8. The Kier molecular flexibility index (Phi) is 5.36. The molecule has 2 heterocycles. The number of ether oxygens (including phenoxy) is 2. The van der Waals surface area contributed by atoms with E-state index in [2.05, 4.69) is 45.0 Å². The summed E-state index contributed by atoms with van der Waals surface area (Å²) in [5.74, 6) is 1.85. The standard InChI is InChI=1S/C29H33N5O2/c1-18-26(33(4)5)28(16-30,17-31)34-29(18,20-10-14-22(36-7)15-11-20)25-23(27(25,2)3)24(32-34)19-8-12-21(35-6)13-9-19/h8-15,18,23,25-26H,1-7H3/t18-,23-,25+,26+,29-/m1/s1. The van der Waals surface area contributed by atoms with Gasteiger partial charge in [0.15, 0.2) is 0 Å². The second kappa shape index (κ2) is 7.98. The van der Waals surface area contributed by atoms with Gasteiger partial charge in [0.25, 0.3) is 0 Å². The number of hydrogen-bond acceptors (Lipinski definition) is 7. The van der Waals surface area contributed by atoms with E-state index in [1.165, 1.54) is 0 Å². The summed E-state index contributed by atoms with van der Waals surface area (Å²) in [4.78, 5) is 2.02. The Morgan fingerprint density at radius 2 is 1.44 bits per heavy atom. The quantitative estimate of drug-likeness (QED) is 0.632. The molecular formula is C29H33N5O2. The highest BCUT2D eigenvalue weighted by Gasteiger charge is 2.81. The van der Waals surface area contributed by atoms with Crippen LogP contribution < -0.4 is 9.47 Å². The first-order chi connectivity index (χ1) is 17.1.